The Morgan fingerprint density at radius 1 is 1.15 bits per heavy atom. The minimum absolute atomic E-state index is 0.00827. The van der Waals surface area contributed by atoms with Gasteiger partial charge in [0.1, 0.15) is 17.3 Å². The van der Waals surface area contributed by atoms with Crippen LogP contribution in [0.1, 0.15) is 63.5 Å². The number of hydrogen-bond acceptors (Lipinski definition) is 8. The van der Waals surface area contributed by atoms with E-state index in [9.17, 15) is 19.1 Å². The van der Waals surface area contributed by atoms with Gasteiger partial charge in [0.2, 0.25) is 0 Å². The molecule has 9 nitrogen and oxygen atoms in total. The Kier molecular flexibility index (Phi) is 7.18. The number of anilines is 3. The highest BCUT2D eigenvalue weighted by atomic mass is 32.1. The second-order valence-corrected chi connectivity index (χ2v) is 11.4. The summed E-state index contributed by atoms with van der Waals surface area (Å²) in [6, 6.07) is 11.7. The van der Waals surface area contributed by atoms with E-state index in [0.717, 1.165) is 48.2 Å². The first-order valence-electron chi connectivity index (χ1n) is 13.3. The number of aliphatic hydroxyl groups excluding tert-OH is 1. The molecule has 206 valence electrons. The maximum absolute atomic E-state index is 14.7. The monoisotopic (exact) mass is 560 g/mol. The number of aromatic nitrogens is 3. The molecule has 40 heavy (non-hydrogen) atoms. The lowest BCUT2D eigenvalue weighted by Crippen LogP contribution is -2.17. The van der Waals surface area contributed by atoms with Crippen LogP contribution in [-0.2, 0) is 6.42 Å². The zero-order chi connectivity index (χ0) is 27.8. The molecule has 0 bridgehead atoms. The normalized spacial score (nSPS) is 18.9. The lowest BCUT2D eigenvalue weighted by Gasteiger charge is -2.19. The van der Waals surface area contributed by atoms with Gasteiger partial charge >= 0.3 is 0 Å². The summed E-state index contributed by atoms with van der Waals surface area (Å²) in [5.41, 5.74) is 2.61. The van der Waals surface area contributed by atoms with Gasteiger partial charge in [-0.25, -0.2) is 14.5 Å². The number of aryl methyl sites for hydroxylation is 1. The maximum atomic E-state index is 14.7. The van der Waals surface area contributed by atoms with Crippen LogP contribution >= 0.6 is 11.3 Å². The number of aromatic amines is 1. The second kappa shape index (κ2) is 10.9. The smallest absolute Gasteiger partial charge is 0.287 e. The quantitative estimate of drug-likeness (QED) is 0.257. The first-order valence-corrected chi connectivity index (χ1v) is 14.1. The van der Waals surface area contributed by atoms with E-state index in [1.807, 2.05) is 18.3 Å². The number of nitrogens with zero attached hydrogens (tertiary/aromatic N) is 3. The number of halogens is 1. The first kappa shape index (κ1) is 26.3. The van der Waals surface area contributed by atoms with Crippen LogP contribution in [-0.4, -0.2) is 44.7 Å². The lowest BCUT2D eigenvalue weighted by atomic mass is 9.96. The standard InChI is InChI=1S/C29H29FN6O3S/c1-36-11-3-4-23(36)17-8-10-27(31-15-17)32-22-14-20(34-35-28(22)38)16-7-9-19(30)21(12-16)33-29(39)26-13-18-24(37)5-2-6-25(18)40-26/h7-10,12-15,23-24,37H,2-6,11H2,1H3,(H,33,39)(H,35,38)(H,31,32,34). The van der Waals surface area contributed by atoms with Gasteiger partial charge in [-0.05, 0) is 93.2 Å². The van der Waals surface area contributed by atoms with Crippen LogP contribution in [0.3, 0.4) is 0 Å². The fourth-order valence-electron chi connectivity index (χ4n) is 5.40. The number of pyridine rings is 1. The Morgan fingerprint density at radius 3 is 2.77 bits per heavy atom. The molecule has 3 aromatic heterocycles. The summed E-state index contributed by atoms with van der Waals surface area (Å²) in [5, 5.41) is 22.5. The molecule has 2 unspecified atom stereocenters. The fourth-order valence-corrected chi connectivity index (χ4v) is 6.55. The van der Waals surface area contributed by atoms with Gasteiger partial charge in [-0.1, -0.05) is 6.07 Å². The van der Waals surface area contributed by atoms with Gasteiger partial charge in [-0.2, -0.15) is 5.10 Å². The number of nitrogens with one attached hydrogen (secondary N) is 3. The fraction of sp³-hybridized carbons (Fsp3) is 0.310. The number of hydrogen-bond donors (Lipinski definition) is 4. The number of fused-ring (bicyclic) bond motifs is 1. The number of thiophene rings is 1. The first-order chi connectivity index (χ1) is 19.4. The van der Waals surface area contributed by atoms with E-state index < -0.39 is 23.4 Å². The van der Waals surface area contributed by atoms with Crippen molar-refractivity contribution in [2.24, 2.45) is 0 Å². The van der Waals surface area contributed by atoms with E-state index in [-0.39, 0.29) is 11.4 Å². The van der Waals surface area contributed by atoms with E-state index in [0.29, 0.717) is 34.4 Å². The molecule has 11 heteroatoms. The Morgan fingerprint density at radius 2 is 2.02 bits per heavy atom. The molecule has 1 saturated heterocycles. The molecule has 1 aliphatic carbocycles. The van der Waals surface area contributed by atoms with Crippen LogP contribution in [0.2, 0.25) is 0 Å². The summed E-state index contributed by atoms with van der Waals surface area (Å²) in [6.45, 7) is 1.06. The molecule has 0 saturated carbocycles. The number of amides is 1. The lowest BCUT2D eigenvalue weighted by molar-refractivity contribution is 0.103. The van der Waals surface area contributed by atoms with Gasteiger partial charge in [0.05, 0.1) is 22.4 Å². The number of aliphatic hydroxyl groups is 1. The number of benzene rings is 1. The molecular formula is C29H29FN6O3S. The van der Waals surface area contributed by atoms with E-state index in [4.69, 9.17) is 0 Å². The molecule has 6 rings (SSSR count). The molecule has 2 aliphatic rings. The van der Waals surface area contributed by atoms with Crippen LogP contribution < -0.4 is 16.2 Å². The van der Waals surface area contributed by atoms with Crippen molar-refractivity contribution in [3.63, 3.8) is 0 Å². The van der Waals surface area contributed by atoms with Crippen LogP contribution in [0.5, 0.6) is 0 Å². The Hall–Kier alpha value is -3.93. The number of rotatable bonds is 6. The average molecular weight is 561 g/mol. The molecule has 1 aromatic carbocycles. The third-order valence-corrected chi connectivity index (χ3v) is 8.78. The minimum atomic E-state index is -0.599. The molecule has 2 atom stereocenters. The predicted octanol–water partition coefficient (Wildman–Crippen LogP) is 5.16. The second-order valence-electron chi connectivity index (χ2n) is 10.3. The van der Waals surface area contributed by atoms with Crippen molar-refractivity contribution in [1.29, 1.82) is 0 Å². The van der Waals surface area contributed by atoms with Crippen molar-refractivity contribution in [1.82, 2.24) is 20.1 Å². The zero-order valence-corrected chi connectivity index (χ0v) is 22.7. The highest BCUT2D eigenvalue weighted by Gasteiger charge is 2.24. The minimum Gasteiger partial charge on any atom is -0.388 e. The zero-order valence-electron chi connectivity index (χ0n) is 21.9. The molecule has 4 N–H and O–H groups in total. The molecule has 4 aromatic rings. The number of likely N-dealkylation sites (tertiary alicyclic amines) is 1. The van der Waals surface area contributed by atoms with E-state index in [1.54, 1.807) is 12.1 Å². The summed E-state index contributed by atoms with van der Waals surface area (Å²) in [5.74, 6) is -0.529. The number of carbonyl (C=O) groups is 1. The summed E-state index contributed by atoms with van der Waals surface area (Å²) in [6.07, 6.45) is 5.86. The summed E-state index contributed by atoms with van der Waals surface area (Å²) >= 11 is 1.32. The van der Waals surface area contributed by atoms with Crippen molar-refractivity contribution in [3.05, 3.63) is 85.7 Å². The van der Waals surface area contributed by atoms with Crippen LogP contribution in [0.4, 0.5) is 21.6 Å². The van der Waals surface area contributed by atoms with Crippen LogP contribution in [0.15, 0.2) is 53.5 Å². The van der Waals surface area contributed by atoms with Crippen molar-refractivity contribution in [2.75, 3.05) is 24.2 Å². The highest BCUT2D eigenvalue weighted by molar-refractivity contribution is 7.14. The average Bonchev–Trinajstić information content (AvgIpc) is 3.59. The molecule has 0 radical (unpaired) electrons. The maximum Gasteiger partial charge on any atom is 0.287 e. The van der Waals surface area contributed by atoms with E-state index in [1.165, 1.54) is 29.5 Å². The van der Waals surface area contributed by atoms with Crippen molar-refractivity contribution in [2.45, 2.75) is 44.2 Å². The number of H-pyrrole nitrogens is 1. The van der Waals surface area contributed by atoms with Crippen LogP contribution in [0, 0.1) is 5.82 Å². The third-order valence-electron chi connectivity index (χ3n) is 7.57. The largest absolute Gasteiger partial charge is 0.388 e. The molecule has 1 amide bonds. The Bertz CT molecular complexity index is 1620. The Labute approximate surface area is 234 Å². The third kappa shape index (κ3) is 5.27. The topological polar surface area (TPSA) is 123 Å². The molecule has 4 heterocycles. The van der Waals surface area contributed by atoms with Crippen molar-refractivity contribution < 1.29 is 14.3 Å². The Balaban J connectivity index is 1.21. The molecule has 0 spiro atoms. The summed E-state index contributed by atoms with van der Waals surface area (Å²) in [7, 11) is 2.11. The molecule has 1 fully saturated rings. The SMILES string of the molecule is CN1CCCC1c1ccc(Nc2cc(-c3ccc(F)c(NC(=O)c4cc5c(s4)CCCC5O)c3)n[nH]c2=O)nc1. The van der Waals surface area contributed by atoms with E-state index >= 15 is 0 Å². The van der Waals surface area contributed by atoms with Gasteiger partial charge in [-0.3, -0.25) is 14.5 Å². The van der Waals surface area contributed by atoms with E-state index in [2.05, 4.69) is 37.8 Å². The molecule has 1 aliphatic heterocycles. The molecular weight excluding hydrogens is 531 g/mol. The van der Waals surface area contributed by atoms with Gasteiger partial charge < -0.3 is 15.7 Å². The van der Waals surface area contributed by atoms with Gasteiger partial charge in [0, 0.05) is 22.7 Å². The van der Waals surface area contributed by atoms with Gasteiger partial charge in [0.25, 0.3) is 11.5 Å². The van der Waals surface area contributed by atoms with Crippen molar-refractivity contribution >= 4 is 34.4 Å². The predicted molar refractivity (Wildman–Crippen MR) is 153 cm³/mol. The van der Waals surface area contributed by atoms with Gasteiger partial charge in [0.15, 0.2) is 0 Å². The summed E-state index contributed by atoms with van der Waals surface area (Å²) < 4.78 is 14.7. The van der Waals surface area contributed by atoms with Crippen LogP contribution in [0.25, 0.3) is 11.3 Å². The van der Waals surface area contributed by atoms with Crippen molar-refractivity contribution in [3.8, 4) is 11.3 Å². The number of carbonyl (C=O) groups excluding carboxylic acids is 1. The summed E-state index contributed by atoms with van der Waals surface area (Å²) in [4.78, 5) is 33.6. The van der Waals surface area contributed by atoms with Gasteiger partial charge in [-0.15, -0.1) is 11.3 Å². The highest BCUT2D eigenvalue weighted by Crippen LogP contribution is 2.36.